The van der Waals surface area contributed by atoms with Crippen molar-refractivity contribution in [1.82, 2.24) is 4.90 Å². The van der Waals surface area contributed by atoms with Gasteiger partial charge in [-0.15, -0.1) is 0 Å². The molecule has 5 nitrogen and oxygen atoms in total. The number of amides is 1. The lowest BCUT2D eigenvalue weighted by Crippen LogP contribution is -2.49. The van der Waals surface area contributed by atoms with Gasteiger partial charge in [0.15, 0.2) is 11.5 Å². The molecule has 2 bridgehead atoms. The maximum absolute atomic E-state index is 13.4. The van der Waals surface area contributed by atoms with Gasteiger partial charge in [-0.1, -0.05) is 35.9 Å². The number of thioether (sulfide) groups is 1. The zero-order valence-electron chi connectivity index (χ0n) is 19.9. The number of halogens is 1. The Hall–Kier alpha value is -2.83. The minimum atomic E-state index is 0.104. The van der Waals surface area contributed by atoms with Crippen LogP contribution < -0.4 is 14.2 Å². The third kappa shape index (κ3) is 5.02. The quantitative estimate of drug-likeness (QED) is 0.345. The normalized spacial score (nSPS) is 22.0. The number of nitrogens with zero attached hydrogens (tertiary/aromatic N) is 1. The van der Waals surface area contributed by atoms with E-state index in [1.807, 2.05) is 54.2 Å². The van der Waals surface area contributed by atoms with Crippen molar-refractivity contribution in [3.05, 3.63) is 88.4 Å². The molecule has 2 saturated heterocycles. The molecule has 186 valence electrons. The average Bonchev–Trinajstić information content (AvgIpc) is 3.46. The van der Waals surface area contributed by atoms with E-state index in [2.05, 4.69) is 29.2 Å². The summed E-state index contributed by atoms with van der Waals surface area (Å²) in [4.78, 5) is 15.5. The highest BCUT2D eigenvalue weighted by atomic mass is 35.5. The molecule has 2 unspecified atom stereocenters. The van der Waals surface area contributed by atoms with Gasteiger partial charge in [0, 0.05) is 53.1 Å². The molecule has 0 spiro atoms. The largest absolute Gasteiger partial charge is 0.490 e. The molecule has 0 N–H and O–H groups in total. The number of ether oxygens (including phenoxy) is 3. The summed E-state index contributed by atoms with van der Waals surface area (Å²) in [5.74, 6) is 4.27. The third-order valence-electron chi connectivity index (χ3n) is 7.22. The van der Waals surface area contributed by atoms with Gasteiger partial charge in [-0.2, -0.15) is 11.8 Å². The molecular formula is C29H28ClNO4S. The molecule has 36 heavy (non-hydrogen) atoms. The van der Waals surface area contributed by atoms with Crippen molar-refractivity contribution in [2.45, 2.75) is 55.4 Å². The van der Waals surface area contributed by atoms with Crippen molar-refractivity contribution in [2.75, 3.05) is 6.79 Å². The van der Waals surface area contributed by atoms with Crippen molar-refractivity contribution in [1.29, 1.82) is 0 Å². The summed E-state index contributed by atoms with van der Waals surface area (Å²) < 4.78 is 17.2. The zero-order chi connectivity index (χ0) is 24.5. The van der Waals surface area contributed by atoms with Crippen LogP contribution in [0.4, 0.5) is 0 Å². The first-order chi connectivity index (χ1) is 17.6. The van der Waals surface area contributed by atoms with Crippen LogP contribution in [0.1, 0.15) is 47.2 Å². The maximum Gasteiger partial charge on any atom is 0.254 e. The molecule has 1 amide bonds. The van der Waals surface area contributed by atoms with Crippen LogP contribution in [-0.2, 0) is 11.5 Å². The van der Waals surface area contributed by atoms with E-state index in [1.165, 1.54) is 11.1 Å². The molecule has 3 aliphatic rings. The molecule has 0 saturated carbocycles. The highest BCUT2D eigenvalue weighted by Gasteiger charge is 2.44. The van der Waals surface area contributed by atoms with Crippen molar-refractivity contribution < 1.29 is 19.0 Å². The number of carbonyl (C=O) groups excluding carboxylic acids is 1. The van der Waals surface area contributed by atoms with Crippen LogP contribution >= 0.6 is 23.4 Å². The van der Waals surface area contributed by atoms with E-state index in [1.54, 1.807) is 0 Å². The van der Waals surface area contributed by atoms with E-state index in [9.17, 15) is 4.79 Å². The minimum Gasteiger partial charge on any atom is -0.490 e. The molecule has 6 rings (SSSR count). The van der Waals surface area contributed by atoms with E-state index >= 15 is 0 Å². The highest BCUT2D eigenvalue weighted by Crippen LogP contribution is 2.40. The monoisotopic (exact) mass is 521 g/mol. The van der Waals surface area contributed by atoms with Gasteiger partial charge in [0.1, 0.15) is 11.9 Å². The van der Waals surface area contributed by atoms with Crippen LogP contribution in [0.25, 0.3) is 0 Å². The molecule has 2 atom stereocenters. The Morgan fingerprint density at radius 2 is 1.53 bits per heavy atom. The van der Waals surface area contributed by atoms with Crippen molar-refractivity contribution in [2.24, 2.45) is 0 Å². The standard InChI is InChI=1S/C29H28ClNO4S/c30-22-7-3-20(4-8-22)17-36-16-19-1-5-21(6-2-19)29(32)31-23-9-10-24(31)14-26(13-23)35-25-11-12-27-28(15-25)34-18-33-27/h1-8,11-12,15,23-24,26H,9-10,13-14,16-18H2. The lowest BCUT2D eigenvalue weighted by atomic mass is 9.98. The lowest BCUT2D eigenvalue weighted by Gasteiger charge is -2.39. The third-order valence-corrected chi connectivity index (χ3v) is 8.55. The predicted molar refractivity (Wildman–Crippen MR) is 142 cm³/mol. The minimum absolute atomic E-state index is 0.104. The molecule has 7 heteroatoms. The first kappa shape index (κ1) is 23.6. The highest BCUT2D eigenvalue weighted by molar-refractivity contribution is 7.97. The fourth-order valence-corrected chi connectivity index (χ4v) is 6.54. The second-order valence-electron chi connectivity index (χ2n) is 9.64. The van der Waals surface area contributed by atoms with Gasteiger partial charge in [-0.25, -0.2) is 0 Å². The number of rotatable bonds is 7. The van der Waals surface area contributed by atoms with Gasteiger partial charge in [0.05, 0.1) is 0 Å². The summed E-state index contributed by atoms with van der Waals surface area (Å²) in [5, 5.41) is 0.763. The molecule has 2 fully saturated rings. The van der Waals surface area contributed by atoms with Crippen molar-refractivity contribution in [3.63, 3.8) is 0 Å². The summed E-state index contributed by atoms with van der Waals surface area (Å²) in [6, 6.07) is 22.3. The Bertz CT molecular complexity index is 1220. The Kier molecular flexibility index (Phi) is 6.72. The first-order valence-electron chi connectivity index (χ1n) is 12.4. The van der Waals surface area contributed by atoms with E-state index in [0.717, 1.165) is 65.0 Å². The van der Waals surface area contributed by atoms with E-state index in [0.29, 0.717) is 0 Å². The van der Waals surface area contributed by atoms with Gasteiger partial charge in [-0.05, 0) is 60.4 Å². The van der Waals surface area contributed by atoms with Crippen LogP contribution in [0.15, 0.2) is 66.7 Å². The smallest absolute Gasteiger partial charge is 0.254 e. The van der Waals surface area contributed by atoms with E-state index < -0.39 is 0 Å². The fourth-order valence-electron chi connectivity index (χ4n) is 5.46. The van der Waals surface area contributed by atoms with Crippen LogP contribution in [-0.4, -0.2) is 35.8 Å². The summed E-state index contributed by atoms with van der Waals surface area (Å²) >= 11 is 7.82. The molecule has 3 heterocycles. The molecular weight excluding hydrogens is 494 g/mol. The number of benzene rings is 3. The van der Waals surface area contributed by atoms with Crippen LogP contribution in [0.5, 0.6) is 17.2 Å². The second-order valence-corrected chi connectivity index (χ2v) is 11.1. The molecule has 3 aliphatic heterocycles. The van der Waals surface area contributed by atoms with Crippen LogP contribution in [0, 0.1) is 0 Å². The number of hydrogen-bond donors (Lipinski definition) is 0. The Balaban J connectivity index is 1.04. The molecule has 3 aromatic carbocycles. The number of carbonyl (C=O) groups is 1. The molecule has 0 radical (unpaired) electrons. The van der Waals surface area contributed by atoms with Gasteiger partial charge in [-0.3, -0.25) is 4.79 Å². The average molecular weight is 522 g/mol. The summed E-state index contributed by atoms with van der Waals surface area (Å²) in [5.41, 5.74) is 3.26. The first-order valence-corrected chi connectivity index (χ1v) is 14.0. The molecule has 0 aliphatic carbocycles. The number of fused-ring (bicyclic) bond motifs is 3. The number of hydrogen-bond acceptors (Lipinski definition) is 5. The van der Waals surface area contributed by atoms with Crippen molar-refractivity contribution in [3.8, 4) is 17.2 Å². The van der Waals surface area contributed by atoms with Gasteiger partial charge in [0.2, 0.25) is 6.79 Å². The lowest BCUT2D eigenvalue weighted by molar-refractivity contribution is 0.0358. The van der Waals surface area contributed by atoms with E-state index in [-0.39, 0.29) is 30.9 Å². The fraction of sp³-hybridized carbons (Fsp3) is 0.345. The summed E-state index contributed by atoms with van der Waals surface area (Å²) in [6.45, 7) is 0.257. The zero-order valence-corrected chi connectivity index (χ0v) is 21.5. The Labute approximate surface area is 220 Å². The van der Waals surface area contributed by atoms with Gasteiger partial charge >= 0.3 is 0 Å². The second kappa shape index (κ2) is 10.3. The summed E-state index contributed by atoms with van der Waals surface area (Å²) in [6.07, 6.45) is 3.90. The maximum atomic E-state index is 13.4. The number of piperidine rings is 1. The topological polar surface area (TPSA) is 48.0 Å². The SMILES string of the molecule is O=C(c1ccc(CSCc2ccc(Cl)cc2)cc1)N1C2CCC1CC(Oc1ccc3c(c1)OCO3)C2. The van der Waals surface area contributed by atoms with Crippen molar-refractivity contribution >= 4 is 29.3 Å². The Morgan fingerprint density at radius 3 is 2.22 bits per heavy atom. The molecule has 3 aromatic rings. The molecule has 0 aromatic heterocycles. The predicted octanol–water partition coefficient (Wildman–Crippen LogP) is 6.72. The van der Waals surface area contributed by atoms with Gasteiger partial charge in [0.25, 0.3) is 5.91 Å². The van der Waals surface area contributed by atoms with Crippen LogP contribution in [0.3, 0.4) is 0 Å². The van der Waals surface area contributed by atoms with E-state index in [4.69, 9.17) is 25.8 Å². The van der Waals surface area contributed by atoms with Gasteiger partial charge < -0.3 is 19.1 Å². The summed E-state index contributed by atoms with van der Waals surface area (Å²) in [7, 11) is 0. The van der Waals surface area contributed by atoms with Crippen LogP contribution in [0.2, 0.25) is 5.02 Å². The Morgan fingerprint density at radius 1 is 0.889 bits per heavy atom.